The number of carbonyl (C=O) groups excluding carboxylic acids is 1. The van der Waals surface area contributed by atoms with Gasteiger partial charge in [-0.25, -0.2) is 0 Å². The van der Waals surface area contributed by atoms with E-state index in [0.29, 0.717) is 19.6 Å². The molecule has 0 heterocycles. The Morgan fingerprint density at radius 1 is 1.44 bits per heavy atom. The van der Waals surface area contributed by atoms with Crippen molar-refractivity contribution in [3.05, 3.63) is 0 Å². The molecule has 16 heavy (non-hydrogen) atoms. The second-order valence-electron chi connectivity index (χ2n) is 3.40. The van der Waals surface area contributed by atoms with Crippen LogP contribution in [0.25, 0.3) is 0 Å². The molecule has 6 nitrogen and oxygen atoms in total. The first-order valence-corrected chi connectivity index (χ1v) is 5.33. The predicted molar refractivity (Wildman–Crippen MR) is 59.2 cm³/mol. The van der Waals surface area contributed by atoms with Crippen LogP contribution < -0.4 is 10.6 Å². The molecule has 3 N–H and O–H groups in total. The first-order chi connectivity index (χ1) is 7.61. The molecule has 1 amide bonds. The van der Waals surface area contributed by atoms with Gasteiger partial charge in [-0.15, -0.1) is 0 Å². The minimum atomic E-state index is -0.924. The highest BCUT2D eigenvalue weighted by Gasteiger charge is 2.16. The molecule has 0 saturated carbocycles. The maximum absolute atomic E-state index is 11.2. The Balaban J connectivity index is 3.74. The van der Waals surface area contributed by atoms with Crippen molar-refractivity contribution in [2.45, 2.75) is 25.8 Å². The van der Waals surface area contributed by atoms with Gasteiger partial charge in [-0.1, -0.05) is 13.3 Å². The van der Waals surface area contributed by atoms with Gasteiger partial charge in [-0.05, 0) is 6.42 Å². The number of amides is 1. The topological polar surface area (TPSA) is 87.7 Å². The third-order valence-corrected chi connectivity index (χ3v) is 2.01. The highest BCUT2D eigenvalue weighted by atomic mass is 16.5. The van der Waals surface area contributed by atoms with Crippen molar-refractivity contribution in [3.63, 3.8) is 0 Å². The van der Waals surface area contributed by atoms with E-state index < -0.39 is 12.0 Å². The van der Waals surface area contributed by atoms with Crippen molar-refractivity contribution in [2.24, 2.45) is 0 Å². The quantitative estimate of drug-likeness (QED) is 0.470. The monoisotopic (exact) mass is 232 g/mol. The molecule has 94 valence electrons. The molecule has 0 rings (SSSR count). The molecule has 0 aliphatic heterocycles. The zero-order valence-corrected chi connectivity index (χ0v) is 9.78. The molecule has 1 atom stereocenters. The lowest BCUT2D eigenvalue weighted by Crippen LogP contribution is -2.43. The van der Waals surface area contributed by atoms with E-state index in [1.165, 1.54) is 0 Å². The van der Waals surface area contributed by atoms with Crippen LogP contribution >= 0.6 is 0 Å². The number of carboxylic acid groups (broad SMARTS) is 1. The fraction of sp³-hybridized carbons (Fsp3) is 0.800. The van der Waals surface area contributed by atoms with E-state index in [1.807, 2.05) is 6.92 Å². The van der Waals surface area contributed by atoms with E-state index in [4.69, 9.17) is 9.84 Å². The van der Waals surface area contributed by atoms with Gasteiger partial charge in [0, 0.05) is 13.7 Å². The van der Waals surface area contributed by atoms with Gasteiger partial charge >= 0.3 is 5.97 Å². The summed E-state index contributed by atoms with van der Waals surface area (Å²) in [5, 5.41) is 14.1. The van der Waals surface area contributed by atoms with Crippen LogP contribution in [-0.2, 0) is 14.3 Å². The number of hydrogen-bond donors (Lipinski definition) is 3. The van der Waals surface area contributed by atoms with Crippen LogP contribution in [0.1, 0.15) is 19.8 Å². The standard InChI is InChI=1S/C10H20N2O4/c1-3-4-8(10(14)15)12-7-9(13)11-5-6-16-2/h8,12H,3-7H2,1-2H3,(H,11,13)(H,14,15). The molecule has 0 radical (unpaired) electrons. The first-order valence-electron chi connectivity index (χ1n) is 5.33. The van der Waals surface area contributed by atoms with E-state index in [9.17, 15) is 9.59 Å². The number of aliphatic carboxylic acids is 1. The van der Waals surface area contributed by atoms with Crippen LogP contribution in [0.3, 0.4) is 0 Å². The Morgan fingerprint density at radius 3 is 2.62 bits per heavy atom. The van der Waals surface area contributed by atoms with Gasteiger partial charge in [0.1, 0.15) is 6.04 Å². The smallest absolute Gasteiger partial charge is 0.320 e. The molecule has 0 fully saturated rings. The molecule has 0 aromatic rings. The van der Waals surface area contributed by atoms with Crippen LogP contribution in [0.4, 0.5) is 0 Å². The van der Waals surface area contributed by atoms with Crippen molar-refractivity contribution < 1.29 is 19.4 Å². The number of nitrogens with one attached hydrogen (secondary N) is 2. The lowest BCUT2D eigenvalue weighted by Gasteiger charge is -2.13. The zero-order chi connectivity index (χ0) is 12.4. The van der Waals surface area contributed by atoms with Gasteiger partial charge in [-0.3, -0.25) is 14.9 Å². The fourth-order valence-corrected chi connectivity index (χ4v) is 1.17. The summed E-state index contributed by atoms with van der Waals surface area (Å²) in [5.41, 5.74) is 0. The number of carboxylic acids is 1. The predicted octanol–water partition coefficient (Wildman–Crippen LogP) is -0.408. The molecule has 0 aliphatic rings. The van der Waals surface area contributed by atoms with Gasteiger partial charge in [-0.2, -0.15) is 0 Å². The summed E-state index contributed by atoms with van der Waals surface area (Å²) in [5.74, 6) is -1.15. The molecule has 0 aliphatic carbocycles. The summed E-state index contributed by atoms with van der Waals surface area (Å²) in [6, 6.07) is -0.654. The van der Waals surface area contributed by atoms with Crippen LogP contribution in [0, 0.1) is 0 Å². The summed E-state index contributed by atoms with van der Waals surface area (Å²) < 4.78 is 4.77. The second kappa shape index (κ2) is 9.11. The van der Waals surface area contributed by atoms with Crippen molar-refractivity contribution in [3.8, 4) is 0 Å². The van der Waals surface area contributed by atoms with Crippen molar-refractivity contribution in [1.29, 1.82) is 0 Å². The van der Waals surface area contributed by atoms with E-state index in [1.54, 1.807) is 7.11 Å². The van der Waals surface area contributed by atoms with E-state index in [2.05, 4.69) is 10.6 Å². The van der Waals surface area contributed by atoms with Crippen LogP contribution in [-0.4, -0.2) is 49.8 Å². The number of methoxy groups -OCH3 is 1. The molecule has 0 spiro atoms. The van der Waals surface area contributed by atoms with Crippen LogP contribution in [0.5, 0.6) is 0 Å². The summed E-state index contributed by atoms with van der Waals surface area (Å²) in [4.78, 5) is 22.0. The maximum atomic E-state index is 11.2. The number of carbonyl (C=O) groups is 2. The zero-order valence-electron chi connectivity index (χ0n) is 9.78. The molecule has 1 unspecified atom stereocenters. The largest absolute Gasteiger partial charge is 0.480 e. The van der Waals surface area contributed by atoms with Gasteiger partial charge < -0.3 is 15.2 Å². The van der Waals surface area contributed by atoms with Gasteiger partial charge in [0.05, 0.1) is 13.2 Å². The van der Waals surface area contributed by atoms with Crippen molar-refractivity contribution in [2.75, 3.05) is 26.8 Å². The van der Waals surface area contributed by atoms with Gasteiger partial charge in [0.2, 0.25) is 5.91 Å². The van der Waals surface area contributed by atoms with E-state index in [0.717, 1.165) is 6.42 Å². The van der Waals surface area contributed by atoms with E-state index in [-0.39, 0.29) is 12.5 Å². The normalized spacial score (nSPS) is 12.1. The highest BCUT2D eigenvalue weighted by molar-refractivity contribution is 5.79. The summed E-state index contributed by atoms with van der Waals surface area (Å²) in [7, 11) is 1.55. The summed E-state index contributed by atoms with van der Waals surface area (Å²) in [6.07, 6.45) is 1.27. The van der Waals surface area contributed by atoms with Crippen molar-refractivity contribution in [1.82, 2.24) is 10.6 Å². The van der Waals surface area contributed by atoms with Gasteiger partial charge in [0.25, 0.3) is 0 Å². The Kier molecular flexibility index (Phi) is 8.46. The van der Waals surface area contributed by atoms with Gasteiger partial charge in [0.15, 0.2) is 0 Å². The average molecular weight is 232 g/mol. The summed E-state index contributed by atoms with van der Waals surface area (Å²) >= 11 is 0. The minimum Gasteiger partial charge on any atom is -0.480 e. The van der Waals surface area contributed by atoms with Crippen LogP contribution in [0.15, 0.2) is 0 Å². The third kappa shape index (κ3) is 7.19. The Labute approximate surface area is 95.4 Å². The molecule has 0 bridgehead atoms. The third-order valence-electron chi connectivity index (χ3n) is 2.01. The number of hydrogen-bond acceptors (Lipinski definition) is 4. The molecule has 0 aromatic heterocycles. The summed E-state index contributed by atoms with van der Waals surface area (Å²) in [6.45, 7) is 2.79. The molecule has 6 heteroatoms. The average Bonchev–Trinajstić information content (AvgIpc) is 2.24. The second-order valence-corrected chi connectivity index (χ2v) is 3.40. The number of rotatable bonds is 9. The molecular weight excluding hydrogens is 212 g/mol. The fourth-order valence-electron chi connectivity index (χ4n) is 1.17. The lowest BCUT2D eigenvalue weighted by atomic mass is 10.2. The maximum Gasteiger partial charge on any atom is 0.320 e. The molecule has 0 saturated heterocycles. The Morgan fingerprint density at radius 2 is 2.12 bits per heavy atom. The first kappa shape index (κ1) is 14.9. The lowest BCUT2D eigenvalue weighted by molar-refractivity contribution is -0.139. The molecular formula is C10H20N2O4. The number of ether oxygens (including phenoxy) is 1. The molecule has 0 aromatic carbocycles. The van der Waals surface area contributed by atoms with Crippen molar-refractivity contribution >= 4 is 11.9 Å². The minimum absolute atomic E-state index is 0.0146. The van der Waals surface area contributed by atoms with E-state index >= 15 is 0 Å². The Hall–Kier alpha value is -1.14. The Bertz CT molecular complexity index is 221. The van der Waals surface area contributed by atoms with Crippen LogP contribution in [0.2, 0.25) is 0 Å². The SMILES string of the molecule is CCCC(NCC(=O)NCCOC)C(=O)O. The highest BCUT2D eigenvalue weighted by Crippen LogP contribution is 1.95.